The molecule has 1 N–H and O–H groups in total. The predicted octanol–water partition coefficient (Wildman–Crippen LogP) is 4.25. The van der Waals surface area contributed by atoms with Gasteiger partial charge in [-0.3, -0.25) is 0 Å². The van der Waals surface area contributed by atoms with E-state index in [0.29, 0.717) is 11.8 Å². The third-order valence-corrected chi connectivity index (χ3v) is 3.86. The summed E-state index contributed by atoms with van der Waals surface area (Å²) in [7, 11) is 0. The van der Waals surface area contributed by atoms with Crippen molar-refractivity contribution in [3.63, 3.8) is 0 Å². The zero-order valence-corrected chi connectivity index (χ0v) is 11.5. The molecule has 0 aromatic carbocycles. The van der Waals surface area contributed by atoms with Crippen molar-refractivity contribution in [2.75, 3.05) is 0 Å². The van der Waals surface area contributed by atoms with Crippen molar-refractivity contribution >= 4 is 0 Å². The standard InChI is InChI=1S/C16H26O/c1-11(2)16(17)9-7-13(4)15-8-6-12(3)10-14(15)5/h10,14-17H,1,4,6-9H2,2-3,5H3. The van der Waals surface area contributed by atoms with Crippen molar-refractivity contribution in [1.82, 2.24) is 0 Å². The number of aliphatic hydroxyl groups excluding tert-OH is 1. The Kier molecular flexibility index (Phi) is 5.20. The van der Waals surface area contributed by atoms with Crippen LogP contribution in [-0.2, 0) is 0 Å². The molecule has 1 aliphatic carbocycles. The second-order valence-corrected chi connectivity index (χ2v) is 5.58. The molecule has 0 aromatic rings. The molecule has 1 nitrogen and oxygen atoms in total. The van der Waals surface area contributed by atoms with Gasteiger partial charge < -0.3 is 5.11 Å². The van der Waals surface area contributed by atoms with Crippen LogP contribution in [0.1, 0.15) is 46.5 Å². The molecule has 1 heteroatoms. The van der Waals surface area contributed by atoms with Crippen LogP contribution in [0.4, 0.5) is 0 Å². The van der Waals surface area contributed by atoms with Crippen molar-refractivity contribution in [2.24, 2.45) is 11.8 Å². The lowest BCUT2D eigenvalue weighted by atomic mass is 9.77. The van der Waals surface area contributed by atoms with E-state index in [2.05, 4.69) is 33.1 Å². The van der Waals surface area contributed by atoms with Crippen LogP contribution in [-0.4, -0.2) is 11.2 Å². The van der Waals surface area contributed by atoms with E-state index in [9.17, 15) is 5.11 Å². The first kappa shape index (κ1) is 14.2. The fourth-order valence-corrected chi connectivity index (χ4v) is 2.62. The molecule has 0 bridgehead atoms. The molecule has 3 atom stereocenters. The average molecular weight is 234 g/mol. The SMILES string of the molecule is C=C(C)C(O)CCC(=C)C1CCC(C)=CC1C. The zero-order valence-electron chi connectivity index (χ0n) is 11.5. The molecule has 1 rings (SSSR count). The van der Waals surface area contributed by atoms with Gasteiger partial charge in [0.25, 0.3) is 0 Å². The Bertz CT molecular complexity index is 324. The Morgan fingerprint density at radius 2 is 2.18 bits per heavy atom. The van der Waals surface area contributed by atoms with Gasteiger partial charge in [0.05, 0.1) is 6.10 Å². The van der Waals surface area contributed by atoms with Crippen molar-refractivity contribution in [2.45, 2.75) is 52.6 Å². The first-order valence-corrected chi connectivity index (χ1v) is 6.60. The molecule has 0 aliphatic heterocycles. The van der Waals surface area contributed by atoms with Crippen LogP contribution in [0, 0.1) is 11.8 Å². The van der Waals surface area contributed by atoms with Crippen molar-refractivity contribution in [1.29, 1.82) is 0 Å². The number of hydrogen-bond acceptors (Lipinski definition) is 1. The second-order valence-electron chi connectivity index (χ2n) is 5.58. The second kappa shape index (κ2) is 6.20. The minimum atomic E-state index is -0.372. The van der Waals surface area contributed by atoms with Gasteiger partial charge in [0, 0.05) is 0 Å². The summed E-state index contributed by atoms with van der Waals surface area (Å²) in [5, 5.41) is 9.73. The average Bonchev–Trinajstić information content (AvgIpc) is 2.25. The lowest BCUT2D eigenvalue weighted by Crippen LogP contribution is -2.18. The van der Waals surface area contributed by atoms with Crippen LogP contribution in [0.25, 0.3) is 0 Å². The van der Waals surface area contributed by atoms with Gasteiger partial charge >= 0.3 is 0 Å². The summed E-state index contributed by atoms with van der Waals surface area (Å²) in [6.07, 6.45) is 6.08. The van der Waals surface area contributed by atoms with Crippen LogP contribution >= 0.6 is 0 Å². The maximum Gasteiger partial charge on any atom is 0.0747 e. The molecule has 0 amide bonds. The van der Waals surface area contributed by atoms with E-state index in [1.807, 2.05) is 6.92 Å². The predicted molar refractivity (Wildman–Crippen MR) is 74.8 cm³/mol. The van der Waals surface area contributed by atoms with Gasteiger partial charge in [-0.15, -0.1) is 0 Å². The summed E-state index contributed by atoms with van der Waals surface area (Å²) in [4.78, 5) is 0. The Morgan fingerprint density at radius 1 is 1.53 bits per heavy atom. The van der Waals surface area contributed by atoms with Crippen LogP contribution in [0.2, 0.25) is 0 Å². The zero-order chi connectivity index (χ0) is 13.0. The molecular formula is C16H26O. The highest BCUT2D eigenvalue weighted by molar-refractivity contribution is 5.15. The van der Waals surface area contributed by atoms with Gasteiger partial charge in [-0.2, -0.15) is 0 Å². The van der Waals surface area contributed by atoms with E-state index in [1.165, 1.54) is 24.0 Å². The largest absolute Gasteiger partial charge is 0.389 e. The molecule has 0 heterocycles. The number of aliphatic hydroxyl groups is 1. The third-order valence-electron chi connectivity index (χ3n) is 3.86. The van der Waals surface area contributed by atoms with E-state index >= 15 is 0 Å². The first-order chi connectivity index (χ1) is 7.91. The van der Waals surface area contributed by atoms with E-state index in [0.717, 1.165) is 18.4 Å². The van der Waals surface area contributed by atoms with Gasteiger partial charge in [-0.1, -0.05) is 42.9 Å². The fraction of sp³-hybridized carbons (Fsp3) is 0.625. The number of allylic oxidation sites excluding steroid dienone is 3. The van der Waals surface area contributed by atoms with Gasteiger partial charge in [-0.25, -0.2) is 0 Å². The minimum Gasteiger partial charge on any atom is -0.389 e. The maximum atomic E-state index is 9.73. The highest BCUT2D eigenvalue weighted by Gasteiger charge is 2.22. The molecule has 3 unspecified atom stereocenters. The summed E-state index contributed by atoms with van der Waals surface area (Å²) in [5.74, 6) is 1.19. The smallest absolute Gasteiger partial charge is 0.0747 e. The lowest BCUT2D eigenvalue weighted by molar-refractivity contribution is 0.199. The van der Waals surface area contributed by atoms with E-state index in [1.54, 1.807) is 0 Å². The number of rotatable bonds is 5. The lowest BCUT2D eigenvalue weighted by Gasteiger charge is -2.29. The molecule has 0 saturated heterocycles. The summed E-state index contributed by atoms with van der Waals surface area (Å²) >= 11 is 0. The topological polar surface area (TPSA) is 20.2 Å². The molecule has 0 saturated carbocycles. The Morgan fingerprint density at radius 3 is 2.71 bits per heavy atom. The molecule has 96 valence electrons. The molecule has 0 spiro atoms. The van der Waals surface area contributed by atoms with E-state index in [-0.39, 0.29) is 6.10 Å². The maximum absolute atomic E-state index is 9.73. The summed E-state index contributed by atoms with van der Waals surface area (Å²) in [6, 6.07) is 0. The minimum absolute atomic E-state index is 0.372. The Balaban J connectivity index is 2.46. The quantitative estimate of drug-likeness (QED) is 0.705. The van der Waals surface area contributed by atoms with E-state index < -0.39 is 0 Å². The Hall–Kier alpha value is -0.820. The normalized spacial score (nSPS) is 26.2. The molecule has 0 radical (unpaired) electrons. The monoisotopic (exact) mass is 234 g/mol. The van der Waals surface area contributed by atoms with Gasteiger partial charge in [0.15, 0.2) is 0 Å². The highest BCUT2D eigenvalue weighted by atomic mass is 16.3. The highest BCUT2D eigenvalue weighted by Crippen LogP contribution is 2.34. The summed E-state index contributed by atoms with van der Waals surface area (Å²) < 4.78 is 0. The molecule has 17 heavy (non-hydrogen) atoms. The van der Waals surface area contributed by atoms with Crippen LogP contribution < -0.4 is 0 Å². The molecule has 1 aliphatic rings. The first-order valence-electron chi connectivity index (χ1n) is 6.60. The van der Waals surface area contributed by atoms with Crippen LogP contribution in [0.5, 0.6) is 0 Å². The van der Waals surface area contributed by atoms with Crippen molar-refractivity contribution in [3.05, 3.63) is 36.0 Å². The Labute approximate surface area is 106 Å². The van der Waals surface area contributed by atoms with E-state index in [4.69, 9.17) is 0 Å². The van der Waals surface area contributed by atoms with Crippen LogP contribution in [0.3, 0.4) is 0 Å². The van der Waals surface area contributed by atoms with Gasteiger partial charge in [-0.05, 0) is 51.4 Å². The molecule has 0 aromatic heterocycles. The molecule has 0 fully saturated rings. The summed E-state index contributed by atoms with van der Waals surface area (Å²) in [5.41, 5.74) is 3.65. The third kappa shape index (κ3) is 4.16. The summed E-state index contributed by atoms with van der Waals surface area (Å²) in [6.45, 7) is 14.4. The molecular weight excluding hydrogens is 208 g/mol. The number of hydrogen-bond donors (Lipinski definition) is 1. The fourth-order valence-electron chi connectivity index (χ4n) is 2.62. The van der Waals surface area contributed by atoms with Crippen molar-refractivity contribution < 1.29 is 5.11 Å². The van der Waals surface area contributed by atoms with Gasteiger partial charge in [0.1, 0.15) is 0 Å². The van der Waals surface area contributed by atoms with Crippen LogP contribution in [0.15, 0.2) is 36.0 Å². The van der Waals surface area contributed by atoms with Gasteiger partial charge in [0.2, 0.25) is 0 Å². The van der Waals surface area contributed by atoms with Crippen molar-refractivity contribution in [3.8, 4) is 0 Å².